The van der Waals surface area contributed by atoms with E-state index in [0.29, 0.717) is 12.6 Å². The summed E-state index contributed by atoms with van der Waals surface area (Å²) in [5.41, 5.74) is 0.738. The summed E-state index contributed by atoms with van der Waals surface area (Å²) < 4.78 is 0.977. The van der Waals surface area contributed by atoms with Crippen molar-refractivity contribution in [3.8, 4) is 0 Å². The van der Waals surface area contributed by atoms with Gasteiger partial charge in [0.2, 0.25) is 0 Å². The molecular formula is C16H22BrNO2. The first kappa shape index (κ1) is 15.7. The monoisotopic (exact) mass is 339 g/mol. The highest BCUT2D eigenvalue weighted by Gasteiger charge is 2.30. The number of carbonyl (C=O) groups excluding carboxylic acids is 1. The van der Waals surface area contributed by atoms with E-state index in [1.165, 1.54) is 12.8 Å². The van der Waals surface area contributed by atoms with Crippen LogP contribution in [0, 0.1) is 0 Å². The molecule has 1 aromatic rings. The summed E-state index contributed by atoms with van der Waals surface area (Å²) in [6, 6.07) is 7.77. The zero-order chi connectivity index (χ0) is 14.5. The number of Topliss-reactive ketones (excluding diaryl/α,β-unsaturated/α-hetero) is 1. The van der Waals surface area contributed by atoms with Gasteiger partial charge in [0.15, 0.2) is 5.78 Å². The van der Waals surface area contributed by atoms with E-state index < -0.39 is 0 Å². The number of aliphatic hydroxyl groups excluding tert-OH is 1. The fraction of sp³-hybridized carbons (Fsp3) is 0.562. The van der Waals surface area contributed by atoms with Crippen LogP contribution in [-0.2, 0) is 0 Å². The van der Waals surface area contributed by atoms with Gasteiger partial charge in [-0.15, -0.1) is 0 Å². The van der Waals surface area contributed by atoms with Gasteiger partial charge in [0, 0.05) is 22.6 Å². The first-order chi connectivity index (χ1) is 9.63. The Morgan fingerprint density at radius 1 is 1.35 bits per heavy atom. The number of hydrogen-bond acceptors (Lipinski definition) is 3. The second-order valence-corrected chi connectivity index (χ2v) is 6.36. The molecule has 1 N–H and O–H groups in total. The third kappa shape index (κ3) is 3.68. The fourth-order valence-corrected chi connectivity index (χ4v) is 3.31. The maximum absolute atomic E-state index is 12.6. The standard InChI is InChI=1S/C16H22BrNO2/c1-12(16(20)13-6-8-14(17)9-7-13)18(10-11-19)15-4-2-3-5-15/h6-9,12,15,19H,2-5,10-11H2,1H3. The van der Waals surface area contributed by atoms with Gasteiger partial charge in [-0.05, 0) is 31.9 Å². The number of ketones is 1. The van der Waals surface area contributed by atoms with Gasteiger partial charge in [-0.2, -0.15) is 0 Å². The molecule has 2 rings (SSSR count). The highest BCUT2D eigenvalue weighted by atomic mass is 79.9. The van der Waals surface area contributed by atoms with E-state index in [9.17, 15) is 9.90 Å². The van der Waals surface area contributed by atoms with Gasteiger partial charge in [-0.1, -0.05) is 40.9 Å². The van der Waals surface area contributed by atoms with Crippen molar-refractivity contribution >= 4 is 21.7 Å². The Balaban J connectivity index is 2.11. The summed E-state index contributed by atoms with van der Waals surface area (Å²) in [6.07, 6.45) is 4.73. The van der Waals surface area contributed by atoms with Crippen LogP contribution in [0.1, 0.15) is 43.0 Å². The Labute approximate surface area is 129 Å². The van der Waals surface area contributed by atoms with E-state index >= 15 is 0 Å². The minimum absolute atomic E-state index is 0.106. The van der Waals surface area contributed by atoms with Crippen LogP contribution >= 0.6 is 15.9 Å². The van der Waals surface area contributed by atoms with E-state index in [1.807, 2.05) is 31.2 Å². The van der Waals surface area contributed by atoms with Crippen LogP contribution in [-0.4, -0.2) is 41.0 Å². The smallest absolute Gasteiger partial charge is 0.179 e. The van der Waals surface area contributed by atoms with Gasteiger partial charge in [0.1, 0.15) is 0 Å². The second kappa shape index (κ2) is 7.34. The minimum atomic E-state index is -0.175. The van der Waals surface area contributed by atoms with Crippen LogP contribution in [0.15, 0.2) is 28.7 Å². The van der Waals surface area contributed by atoms with E-state index in [-0.39, 0.29) is 18.4 Å². The lowest BCUT2D eigenvalue weighted by Gasteiger charge is -2.33. The molecule has 1 atom stereocenters. The molecule has 0 amide bonds. The largest absolute Gasteiger partial charge is 0.395 e. The van der Waals surface area contributed by atoms with Gasteiger partial charge >= 0.3 is 0 Å². The summed E-state index contributed by atoms with van der Waals surface area (Å²) in [5, 5.41) is 9.28. The number of aliphatic hydroxyl groups is 1. The second-order valence-electron chi connectivity index (χ2n) is 5.45. The molecular weight excluding hydrogens is 318 g/mol. The Kier molecular flexibility index (Phi) is 5.75. The first-order valence-corrected chi connectivity index (χ1v) is 8.09. The maximum Gasteiger partial charge on any atom is 0.179 e. The third-order valence-corrected chi connectivity index (χ3v) is 4.69. The minimum Gasteiger partial charge on any atom is -0.395 e. The van der Waals surface area contributed by atoms with Crippen LogP contribution in [0.2, 0.25) is 0 Å². The summed E-state index contributed by atoms with van der Waals surface area (Å²) in [7, 11) is 0. The van der Waals surface area contributed by atoms with Crippen LogP contribution in [0.3, 0.4) is 0 Å². The van der Waals surface area contributed by atoms with Gasteiger partial charge < -0.3 is 5.11 Å². The van der Waals surface area contributed by atoms with Crippen molar-refractivity contribution in [3.05, 3.63) is 34.3 Å². The van der Waals surface area contributed by atoms with Crippen molar-refractivity contribution in [1.29, 1.82) is 0 Å². The molecule has 4 heteroatoms. The number of benzene rings is 1. The molecule has 1 unspecified atom stereocenters. The summed E-state index contributed by atoms with van der Waals surface area (Å²) in [6.45, 7) is 2.64. The number of halogens is 1. The molecule has 1 aliphatic rings. The average Bonchev–Trinajstić information content (AvgIpc) is 2.98. The quantitative estimate of drug-likeness (QED) is 0.808. The van der Waals surface area contributed by atoms with Crippen molar-refractivity contribution in [2.45, 2.75) is 44.7 Å². The molecule has 1 fully saturated rings. The van der Waals surface area contributed by atoms with Gasteiger partial charge in [-0.25, -0.2) is 0 Å². The molecule has 1 aromatic carbocycles. The summed E-state index contributed by atoms with van der Waals surface area (Å²) >= 11 is 3.38. The van der Waals surface area contributed by atoms with Crippen molar-refractivity contribution in [2.75, 3.05) is 13.2 Å². The molecule has 1 saturated carbocycles. The zero-order valence-corrected chi connectivity index (χ0v) is 13.5. The van der Waals surface area contributed by atoms with Crippen molar-refractivity contribution in [2.24, 2.45) is 0 Å². The molecule has 0 bridgehead atoms. The fourth-order valence-electron chi connectivity index (χ4n) is 3.05. The Hall–Kier alpha value is -0.710. The molecule has 110 valence electrons. The maximum atomic E-state index is 12.6. The molecule has 1 aliphatic carbocycles. The Bertz CT molecular complexity index is 440. The molecule has 3 nitrogen and oxygen atoms in total. The number of nitrogens with zero attached hydrogens (tertiary/aromatic N) is 1. The number of carbonyl (C=O) groups is 1. The number of rotatable bonds is 6. The van der Waals surface area contributed by atoms with Crippen molar-refractivity contribution < 1.29 is 9.90 Å². The first-order valence-electron chi connectivity index (χ1n) is 7.30. The SMILES string of the molecule is CC(C(=O)c1ccc(Br)cc1)N(CCO)C1CCCC1. The van der Waals surface area contributed by atoms with Crippen LogP contribution in [0.4, 0.5) is 0 Å². The molecule has 20 heavy (non-hydrogen) atoms. The number of hydrogen-bond donors (Lipinski definition) is 1. The summed E-state index contributed by atoms with van der Waals surface area (Å²) in [4.78, 5) is 14.8. The van der Waals surface area contributed by atoms with Crippen LogP contribution in [0.5, 0.6) is 0 Å². The van der Waals surface area contributed by atoms with Crippen molar-refractivity contribution in [3.63, 3.8) is 0 Å². The molecule has 0 spiro atoms. The lowest BCUT2D eigenvalue weighted by molar-refractivity contribution is 0.0707. The topological polar surface area (TPSA) is 40.5 Å². The van der Waals surface area contributed by atoms with Crippen LogP contribution in [0.25, 0.3) is 0 Å². The molecule has 0 aliphatic heterocycles. The van der Waals surface area contributed by atoms with Crippen molar-refractivity contribution in [1.82, 2.24) is 4.90 Å². The van der Waals surface area contributed by atoms with Gasteiger partial charge in [-0.3, -0.25) is 9.69 Å². The molecule has 0 aromatic heterocycles. The predicted octanol–water partition coefficient (Wildman–Crippen LogP) is 3.26. The van der Waals surface area contributed by atoms with E-state index in [4.69, 9.17) is 0 Å². The average molecular weight is 340 g/mol. The third-order valence-electron chi connectivity index (χ3n) is 4.16. The highest BCUT2D eigenvalue weighted by molar-refractivity contribution is 9.10. The van der Waals surface area contributed by atoms with Crippen LogP contribution < -0.4 is 0 Å². The normalized spacial score (nSPS) is 17.6. The Morgan fingerprint density at radius 2 is 1.95 bits per heavy atom. The van der Waals surface area contributed by atoms with E-state index in [2.05, 4.69) is 20.8 Å². The molecule has 0 heterocycles. The summed E-state index contributed by atoms with van der Waals surface area (Å²) in [5.74, 6) is 0.137. The highest BCUT2D eigenvalue weighted by Crippen LogP contribution is 2.26. The Morgan fingerprint density at radius 3 is 2.50 bits per heavy atom. The van der Waals surface area contributed by atoms with Gasteiger partial charge in [0.05, 0.1) is 12.6 Å². The predicted molar refractivity (Wildman–Crippen MR) is 84.0 cm³/mol. The molecule has 0 radical (unpaired) electrons. The molecule has 0 saturated heterocycles. The lowest BCUT2D eigenvalue weighted by atomic mass is 10.0. The van der Waals surface area contributed by atoms with E-state index in [0.717, 1.165) is 22.9 Å². The lowest BCUT2D eigenvalue weighted by Crippen LogP contribution is -2.46. The zero-order valence-electron chi connectivity index (χ0n) is 11.9. The van der Waals surface area contributed by atoms with Gasteiger partial charge in [0.25, 0.3) is 0 Å². The van der Waals surface area contributed by atoms with E-state index in [1.54, 1.807) is 0 Å².